The van der Waals surface area contributed by atoms with E-state index in [2.05, 4.69) is 10.6 Å². The molecule has 23 heavy (non-hydrogen) atoms. The molecule has 2 N–H and O–H groups in total. The first-order valence-electron chi connectivity index (χ1n) is 8.51. The van der Waals surface area contributed by atoms with E-state index in [1.165, 1.54) is 6.42 Å². The second kappa shape index (κ2) is 7.21. The average molecular weight is 318 g/mol. The number of ether oxygens (including phenoxy) is 2. The fourth-order valence-corrected chi connectivity index (χ4v) is 3.43. The van der Waals surface area contributed by atoms with E-state index in [1.807, 2.05) is 38.1 Å². The molecule has 0 spiro atoms. The zero-order chi connectivity index (χ0) is 16.2. The van der Waals surface area contributed by atoms with Gasteiger partial charge in [-0.25, -0.2) is 4.79 Å². The van der Waals surface area contributed by atoms with Gasteiger partial charge in [0.15, 0.2) is 0 Å². The second-order valence-corrected chi connectivity index (χ2v) is 6.65. The monoisotopic (exact) mass is 318 g/mol. The summed E-state index contributed by atoms with van der Waals surface area (Å²) in [5, 5.41) is 5.83. The molecule has 2 amide bonds. The van der Waals surface area contributed by atoms with E-state index < -0.39 is 0 Å². The van der Waals surface area contributed by atoms with Gasteiger partial charge in [-0.2, -0.15) is 0 Å². The van der Waals surface area contributed by atoms with Crippen molar-refractivity contribution in [1.82, 2.24) is 10.6 Å². The molecule has 4 atom stereocenters. The maximum Gasteiger partial charge on any atom is 0.314 e. The van der Waals surface area contributed by atoms with E-state index in [0.29, 0.717) is 31.2 Å². The van der Waals surface area contributed by atoms with Crippen molar-refractivity contribution in [1.29, 1.82) is 0 Å². The van der Waals surface area contributed by atoms with Crippen molar-refractivity contribution in [3.8, 4) is 5.75 Å². The Labute approximate surface area is 137 Å². The number of fused-ring (bicyclic) bond motifs is 2. The first-order chi connectivity index (χ1) is 11.1. The first-order valence-corrected chi connectivity index (χ1v) is 8.51. The van der Waals surface area contributed by atoms with Gasteiger partial charge >= 0.3 is 6.03 Å². The summed E-state index contributed by atoms with van der Waals surface area (Å²) in [5.41, 5.74) is 1.10. The topological polar surface area (TPSA) is 59.6 Å². The maximum absolute atomic E-state index is 11.9. The molecule has 0 aromatic heterocycles. The summed E-state index contributed by atoms with van der Waals surface area (Å²) in [7, 11) is 0. The van der Waals surface area contributed by atoms with Crippen LogP contribution >= 0.6 is 0 Å². The van der Waals surface area contributed by atoms with Crippen molar-refractivity contribution in [2.45, 2.75) is 51.4 Å². The van der Waals surface area contributed by atoms with Crippen molar-refractivity contribution >= 4 is 6.03 Å². The molecule has 2 aliphatic rings. The van der Waals surface area contributed by atoms with Crippen LogP contribution in [0, 0.1) is 12.8 Å². The Balaban J connectivity index is 1.35. The van der Waals surface area contributed by atoms with Crippen LogP contribution in [0.4, 0.5) is 4.79 Å². The normalized spacial score (nSPS) is 26.8. The van der Waals surface area contributed by atoms with E-state index in [1.54, 1.807) is 0 Å². The zero-order valence-electron chi connectivity index (χ0n) is 13.9. The van der Waals surface area contributed by atoms with Crippen LogP contribution in [0.2, 0.25) is 0 Å². The van der Waals surface area contributed by atoms with Crippen molar-refractivity contribution in [2.24, 2.45) is 5.92 Å². The van der Waals surface area contributed by atoms with E-state index in [9.17, 15) is 4.79 Å². The van der Waals surface area contributed by atoms with E-state index in [-0.39, 0.29) is 12.1 Å². The summed E-state index contributed by atoms with van der Waals surface area (Å²) < 4.78 is 11.7. The predicted molar refractivity (Wildman–Crippen MR) is 88.7 cm³/mol. The Morgan fingerprint density at radius 2 is 2.17 bits per heavy atom. The van der Waals surface area contributed by atoms with Gasteiger partial charge in [0.05, 0.1) is 18.8 Å². The third-order valence-corrected chi connectivity index (χ3v) is 4.73. The van der Waals surface area contributed by atoms with Gasteiger partial charge in [0, 0.05) is 12.5 Å². The number of hydrogen-bond acceptors (Lipinski definition) is 3. The number of rotatable bonds is 6. The van der Waals surface area contributed by atoms with Gasteiger partial charge in [-0.15, -0.1) is 0 Å². The van der Waals surface area contributed by atoms with Crippen LogP contribution in [-0.4, -0.2) is 37.4 Å². The van der Waals surface area contributed by atoms with Crippen molar-refractivity contribution in [3.05, 3.63) is 29.8 Å². The minimum atomic E-state index is -0.131. The lowest BCUT2D eigenvalue weighted by molar-refractivity contribution is 0.0927. The molecule has 2 aliphatic heterocycles. The van der Waals surface area contributed by atoms with Crippen molar-refractivity contribution < 1.29 is 14.3 Å². The number of nitrogens with one attached hydrogen (secondary N) is 2. The maximum atomic E-state index is 11.9. The van der Waals surface area contributed by atoms with Crippen molar-refractivity contribution in [3.63, 3.8) is 0 Å². The van der Waals surface area contributed by atoms with Crippen LogP contribution in [0.3, 0.4) is 0 Å². The van der Waals surface area contributed by atoms with Crippen molar-refractivity contribution in [2.75, 3.05) is 13.1 Å². The number of carbonyl (C=O) groups is 1. The fraction of sp³-hybridized carbons (Fsp3) is 0.611. The SMILES string of the molecule is Cc1ccccc1O[C@H](C)CNC(=O)NC[C@@H]1C[C@H]2CC[C@H]1O2. The highest BCUT2D eigenvalue weighted by atomic mass is 16.5. The molecule has 0 unspecified atom stereocenters. The Morgan fingerprint density at radius 1 is 1.35 bits per heavy atom. The highest BCUT2D eigenvalue weighted by Crippen LogP contribution is 2.38. The van der Waals surface area contributed by atoms with Gasteiger partial charge in [-0.05, 0) is 44.7 Å². The summed E-state index contributed by atoms with van der Waals surface area (Å²) in [4.78, 5) is 11.9. The standard InChI is InChI=1S/C18H26N2O3/c1-12-5-3-4-6-16(12)22-13(2)10-19-18(21)20-11-14-9-15-7-8-17(14)23-15/h3-6,13-15,17H,7-11H2,1-2H3,(H2,19,20,21)/t13-,14+,15-,17-/m1/s1. The van der Waals surface area contributed by atoms with Crippen LogP contribution < -0.4 is 15.4 Å². The summed E-state index contributed by atoms with van der Waals surface area (Å²) in [6.07, 6.45) is 4.10. The molecule has 126 valence electrons. The predicted octanol–water partition coefficient (Wildman–Crippen LogP) is 2.63. The molecule has 5 nitrogen and oxygen atoms in total. The Hall–Kier alpha value is -1.75. The lowest BCUT2D eigenvalue weighted by Gasteiger charge is -2.20. The van der Waals surface area contributed by atoms with Gasteiger partial charge in [0.1, 0.15) is 11.9 Å². The Kier molecular flexibility index (Phi) is 5.06. The number of carbonyl (C=O) groups excluding carboxylic acids is 1. The molecule has 0 radical (unpaired) electrons. The Bertz CT molecular complexity index is 549. The minimum Gasteiger partial charge on any atom is -0.489 e. The number of amides is 2. The third kappa shape index (κ3) is 4.16. The summed E-state index contributed by atoms with van der Waals surface area (Å²) in [5.74, 6) is 1.33. The summed E-state index contributed by atoms with van der Waals surface area (Å²) >= 11 is 0. The highest BCUT2D eigenvalue weighted by molar-refractivity contribution is 5.73. The molecule has 5 heteroatoms. The van der Waals surface area contributed by atoms with Crippen LogP contribution in [0.1, 0.15) is 31.7 Å². The van der Waals surface area contributed by atoms with Gasteiger partial charge in [0.25, 0.3) is 0 Å². The molecule has 1 aromatic rings. The number of benzene rings is 1. The number of hydrogen-bond donors (Lipinski definition) is 2. The molecule has 2 fully saturated rings. The van der Waals surface area contributed by atoms with E-state index in [0.717, 1.165) is 24.2 Å². The van der Waals surface area contributed by atoms with E-state index >= 15 is 0 Å². The number of para-hydroxylation sites is 1. The van der Waals surface area contributed by atoms with Gasteiger partial charge < -0.3 is 20.1 Å². The van der Waals surface area contributed by atoms with Crippen LogP contribution in [-0.2, 0) is 4.74 Å². The Morgan fingerprint density at radius 3 is 2.87 bits per heavy atom. The average Bonchev–Trinajstić information content (AvgIpc) is 3.16. The number of aryl methyl sites for hydroxylation is 1. The molecule has 0 saturated carbocycles. The van der Waals surface area contributed by atoms with Crippen LogP contribution in [0.25, 0.3) is 0 Å². The zero-order valence-corrected chi connectivity index (χ0v) is 13.9. The molecule has 1 aromatic carbocycles. The summed E-state index contributed by atoms with van der Waals surface area (Å²) in [6.45, 7) is 5.14. The largest absolute Gasteiger partial charge is 0.489 e. The first kappa shape index (κ1) is 16.1. The molecule has 2 heterocycles. The van der Waals surface area contributed by atoms with Gasteiger partial charge in [-0.1, -0.05) is 18.2 Å². The molecular formula is C18H26N2O3. The highest BCUT2D eigenvalue weighted by Gasteiger charge is 2.40. The summed E-state index contributed by atoms with van der Waals surface area (Å²) in [6, 6.07) is 7.76. The fourth-order valence-electron chi connectivity index (χ4n) is 3.43. The number of urea groups is 1. The lowest BCUT2D eigenvalue weighted by Crippen LogP contribution is -2.43. The lowest BCUT2D eigenvalue weighted by atomic mass is 9.89. The molecule has 2 bridgehead atoms. The minimum absolute atomic E-state index is 0.0762. The van der Waals surface area contributed by atoms with Crippen LogP contribution in [0.15, 0.2) is 24.3 Å². The quantitative estimate of drug-likeness (QED) is 0.848. The molecule has 0 aliphatic carbocycles. The second-order valence-electron chi connectivity index (χ2n) is 6.65. The van der Waals surface area contributed by atoms with Gasteiger partial charge in [0.2, 0.25) is 0 Å². The van der Waals surface area contributed by atoms with Crippen LogP contribution in [0.5, 0.6) is 5.75 Å². The van der Waals surface area contributed by atoms with E-state index in [4.69, 9.17) is 9.47 Å². The van der Waals surface area contributed by atoms with Gasteiger partial charge in [-0.3, -0.25) is 0 Å². The molecule has 3 rings (SSSR count). The smallest absolute Gasteiger partial charge is 0.314 e. The molecular weight excluding hydrogens is 292 g/mol. The molecule has 2 saturated heterocycles. The third-order valence-electron chi connectivity index (χ3n) is 4.73.